The first-order chi connectivity index (χ1) is 26.2. The van der Waals surface area contributed by atoms with E-state index in [1.54, 1.807) is 0 Å². The van der Waals surface area contributed by atoms with Crippen molar-refractivity contribution >= 4 is 46.3 Å². The third-order valence-electron chi connectivity index (χ3n) is 9.51. The SMILES string of the molecule is Cc1cccc(N(c2ccc(-c3ccccc3)cc2)c2ccc(-c3ccc(/C=C/c4ccc(N(c5ccccc5)c5ccccc5)cc4)cc3)cc2)c1. The van der Waals surface area contributed by atoms with E-state index >= 15 is 0 Å². The van der Waals surface area contributed by atoms with E-state index in [9.17, 15) is 0 Å². The van der Waals surface area contributed by atoms with Crippen LogP contribution < -0.4 is 9.80 Å². The van der Waals surface area contributed by atoms with E-state index in [2.05, 4.69) is 241 Å². The van der Waals surface area contributed by atoms with E-state index < -0.39 is 0 Å². The lowest BCUT2D eigenvalue weighted by Gasteiger charge is -2.26. The largest absolute Gasteiger partial charge is 0.311 e. The number of hydrogen-bond acceptors (Lipinski definition) is 2. The lowest BCUT2D eigenvalue weighted by Crippen LogP contribution is -2.10. The van der Waals surface area contributed by atoms with E-state index in [4.69, 9.17) is 0 Å². The zero-order valence-electron chi connectivity index (χ0n) is 29.8. The highest BCUT2D eigenvalue weighted by molar-refractivity contribution is 5.81. The summed E-state index contributed by atoms with van der Waals surface area (Å²) in [7, 11) is 0. The molecule has 0 fully saturated rings. The first kappa shape index (κ1) is 33.3. The molecule has 0 amide bonds. The van der Waals surface area contributed by atoms with Gasteiger partial charge in [0.15, 0.2) is 0 Å². The summed E-state index contributed by atoms with van der Waals surface area (Å²) >= 11 is 0. The van der Waals surface area contributed by atoms with Crippen LogP contribution >= 0.6 is 0 Å². The molecule has 0 N–H and O–H groups in total. The minimum absolute atomic E-state index is 1.12. The zero-order chi connectivity index (χ0) is 35.8. The Kier molecular flexibility index (Phi) is 9.76. The molecule has 0 aliphatic rings. The molecule has 0 radical (unpaired) electrons. The van der Waals surface area contributed by atoms with Crippen LogP contribution in [0.2, 0.25) is 0 Å². The predicted octanol–water partition coefficient (Wildman–Crippen LogP) is 14.4. The Balaban J connectivity index is 0.987. The normalized spacial score (nSPS) is 11.0. The molecule has 0 aliphatic carbocycles. The summed E-state index contributed by atoms with van der Waals surface area (Å²) in [6.07, 6.45) is 4.35. The van der Waals surface area contributed by atoms with Crippen molar-refractivity contribution < 1.29 is 0 Å². The summed E-state index contributed by atoms with van der Waals surface area (Å²) in [6.45, 7) is 2.14. The molecular weight excluding hydrogens is 641 g/mol. The third kappa shape index (κ3) is 7.73. The van der Waals surface area contributed by atoms with Crippen molar-refractivity contribution in [2.24, 2.45) is 0 Å². The molecule has 2 heteroatoms. The first-order valence-corrected chi connectivity index (χ1v) is 18.1. The average molecular weight is 681 g/mol. The molecule has 0 aromatic heterocycles. The van der Waals surface area contributed by atoms with Gasteiger partial charge in [0.25, 0.3) is 0 Å². The molecular formula is C51H40N2. The second-order valence-corrected chi connectivity index (χ2v) is 13.2. The number of para-hydroxylation sites is 2. The van der Waals surface area contributed by atoms with Crippen molar-refractivity contribution in [3.8, 4) is 22.3 Å². The van der Waals surface area contributed by atoms with Crippen molar-refractivity contribution in [1.29, 1.82) is 0 Å². The molecule has 8 aromatic rings. The molecule has 8 rings (SSSR count). The van der Waals surface area contributed by atoms with Gasteiger partial charge in [0.1, 0.15) is 0 Å². The van der Waals surface area contributed by atoms with Gasteiger partial charge in [-0.15, -0.1) is 0 Å². The van der Waals surface area contributed by atoms with Crippen molar-refractivity contribution in [3.63, 3.8) is 0 Å². The van der Waals surface area contributed by atoms with Crippen LogP contribution in [0.15, 0.2) is 212 Å². The van der Waals surface area contributed by atoms with Gasteiger partial charge in [-0.25, -0.2) is 0 Å². The van der Waals surface area contributed by atoms with E-state index in [1.165, 1.54) is 27.8 Å². The molecule has 254 valence electrons. The van der Waals surface area contributed by atoms with Crippen LogP contribution in [-0.2, 0) is 0 Å². The van der Waals surface area contributed by atoms with Crippen molar-refractivity contribution in [3.05, 3.63) is 229 Å². The van der Waals surface area contributed by atoms with Crippen LogP contribution in [0.3, 0.4) is 0 Å². The molecule has 0 bridgehead atoms. The summed E-state index contributed by atoms with van der Waals surface area (Å²) in [4.78, 5) is 4.61. The molecule has 0 aliphatic heterocycles. The van der Waals surface area contributed by atoms with Gasteiger partial charge in [0.2, 0.25) is 0 Å². The maximum Gasteiger partial charge on any atom is 0.0464 e. The standard InChI is InChI=1S/C51H40N2/c1-39-12-11-19-51(38-39)53(49-34-28-44(29-35-49)42-13-5-2-6-14-42)50-36-30-45(31-37-50)43-26-22-40(23-27-43)20-21-41-24-32-48(33-25-41)52(46-15-7-3-8-16-46)47-17-9-4-10-18-47/h2-38H,1H3/b21-20+. The van der Waals surface area contributed by atoms with Gasteiger partial charge in [0.05, 0.1) is 0 Å². The van der Waals surface area contributed by atoms with Gasteiger partial charge in [0, 0.05) is 34.1 Å². The molecule has 2 nitrogen and oxygen atoms in total. The Morgan fingerprint density at radius 3 is 1.06 bits per heavy atom. The van der Waals surface area contributed by atoms with Crippen LogP contribution in [0, 0.1) is 6.92 Å². The number of rotatable bonds is 10. The Morgan fingerprint density at radius 2 is 0.604 bits per heavy atom. The fourth-order valence-corrected chi connectivity index (χ4v) is 6.77. The molecule has 53 heavy (non-hydrogen) atoms. The van der Waals surface area contributed by atoms with E-state index in [0.717, 1.165) is 45.3 Å². The fraction of sp³-hybridized carbons (Fsp3) is 0.0196. The quantitative estimate of drug-likeness (QED) is 0.133. The maximum atomic E-state index is 2.33. The summed E-state index contributed by atoms with van der Waals surface area (Å²) in [5.74, 6) is 0. The molecule has 8 aromatic carbocycles. The summed E-state index contributed by atoms with van der Waals surface area (Å²) < 4.78 is 0. The van der Waals surface area contributed by atoms with E-state index in [-0.39, 0.29) is 0 Å². The van der Waals surface area contributed by atoms with Crippen molar-refractivity contribution in [1.82, 2.24) is 0 Å². The highest BCUT2D eigenvalue weighted by Gasteiger charge is 2.14. The molecule has 0 spiro atoms. The molecule has 0 heterocycles. The summed E-state index contributed by atoms with van der Waals surface area (Å²) in [5.41, 5.74) is 15.1. The van der Waals surface area contributed by atoms with Crippen LogP contribution in [-0.4, -0.2) is 0 Å². The highest BCUT2D eigenvalue weighted by Crippen LogP contribution is 2.38. The molecule has 0 saturated carbocycles. The van der Waals surface area contributed by atoms with Crippen LogP contribution in [0.5, 0.6) is 0 Å². The zero-order valence-corrected chi connectivity index (χ0v) is 29.8. The number of benzene rings is 8. The second-order valence-electron chi connectivity index (χ2n) is 13.2. The average Bonchev–Trinajstić information content (AvgIpc) is 3.23. The summed E-state index contributed by atoms with van der Waals surface area (Å²) in [5, 5.41) is 0. The molecule has 0 atom stereocenters. The predicted molar refractivity (Wildman–Crippen MR) is 227 cm³/mol. The number of nitrogens with zero attached hydrogens (tertiary/aromatic N) is 2. The van der Waals surface area contributed by atoms with Crippen LogP contribution in [0.1, 0.15) is 16.7 Å². The minimum atomic E-state index is 1.12. The Labute approximate surface area is 313 Å². The van der Waals surface area contributed by atoms with Gasteiger partial charge in [-0.1, -0.05) is 152 Å². The van der Waals surface area contributed by atoms with Crippen LogP contribution in [0.25, 0.3) is 34.4 Å². The fourth-order valence-electron chi connectivity index (χ4n) is 6.77. The third-order valence-corrected chi connectivity index (χ3v) is 9.51. The molecule has 0 saturated heterocycles. The van der Waals surface area contributed by atoms with Gasteiger partial charge < -0.3 is 9.80 Å². The lowest BCUT2D eigenvalue weighted by atomic mass is 10.0. The number of anilines is 6. The van der Waals surface area contributed by atoms with Gasteiger partial charge >= 0.3 is 0 Å². The highest BCUT2D eigenvalue weighted by atomic mass is 15.1. The Morgan fingerprint density at radius 1 is 0.283 bits per heavy atom. The van der Waals surface area contributed by atoms with Gasteiger partial charge in [-0.05, 0) is 119 Å². The first-order valence-electron chi connectivity index (χ1n) is 18.1. The van der Waals surface area contributed by atoms with Gasteiger partial charge in [-0.2, -0.15) is 0 Å². The molecule has 0 unspecified atom stereocenters. The second kappa shape index (κ2) is 15.6. The smallest absolute Gasteiger partial charge is 0.0464 e. The van der Waals surface area contributed by atoms with E-state index in [0.29, 0.717) is 0 Å². The van der Waals surface area contributed by atoms with Crippen LogP contribution in [0.4, 0.5) is 34.1 Å². The lowest BCUT2D eigenvalue weighted by molar-refractivity contribution is 1.27. The number of hydrogen-bond donors (Lipinski definition) is 0. The summed E-state index contributed by atoms with van der Waals surface area (Å²) in [6, 6.07) is 75.4. The Bertz CT molecular complexity index is 2360. The minimum Gasteiger partial charge on any atom is -0.311 e. The van der Waals surface area contributed by atoms with Crippen molar-refractivity contribution in [2.45, 2.75) is 6.92 Å². The number of aryl methyl sites for hydroxylation is 1. The van der Waals surface area contributed by atoms with E-state index in [1.807, 2.05) is 0 Å². The maximum absolute atomic E-state index is 2.33. The monoisotopic (exact) mass is 680 g/mol. The van der Waals surface area contributed by atoms with Gasteiger partial charge in [-0.3, -0.25) is 0 Å². The Hall–Kier alpha value is -6.90. The van der Waals surface area contributed by atoms with Crippen molar-refractivity contribution in [2.75, 3.05) is 9.80 Å². The topological polar surface area (TPSA) is 6.48 Å².